The van der Waals surface area contributed by atoms with Gasteiger partial charge in [-0.3, -0.25) is 4.79 Å². The molecule has 0 aliphatic heterocycles. The first-order valence-corrected chi connectivity index (χ1v) is 11.5. The van der Waals surface area contributed by atoms with Crippen LogP contribution in [-0.2, 0) is 6.42 Å². The highest BCUT2D eigenvalue weighted by molar-refractivity contribution is 6.34. The van der Waals surface area contributed by atoms with Crippen LogP contribution in [0.3, 0.4) is 0 Å². The molecule has 0 spiro atoms. The van der Waals surface area contributed by atoms with E-state index in [4.69, 9.17) is 16.3 Å². The summed E-state index contributed by atoms with van der Waals surface area (Å²) in [6.07, 6.45) is 4.11. The van der Waals surface area contributed by atoms with E-state index in [0.29, 0.717) is 33.8 Å². The second-order valence-electron chi connectivity index (χ2n) is 8.05. The standard InChI is InChI=1S/C27H25ClN4O2/c1-4-25-29-14-12-23(31-25)21-9-6-13-30-27(21)34-20-10-11-22(28)24(16-20)32-26(33)19-8-5-7-18(15-19)17(2)3/h5-17H,4H2,1-3H3,(H,32,33). The van der Waals surface area contributed by atoms with Crippen LogP contribution >= 0.6 is 11.6 Å². The number of halogens is 1. The lowest BCUT2D eigenvalue weighted by atomic mass is 10.0. The van der Waals surface area contributed by atoms with E-state index >= 15 is 0 Å². The molecular weight excluding hydrogens is 448 g/mol. The monoisotopic (exact) mass is 472 g/mol. The highest BCUT2D eigenvalue weighted by atomic mass is 35.5. The van der Waals surface area contributed by atoms with Crippen molar-refractivity contribution >= 4 is 23.2 Å². The SMILES string of the molecule is CCc1nccc(-c2cccnc2Oc2ccc(Cl)c(NC(=O)c3cccc(C(C)C)c3)c2)n1. The Hall–Kier alpha value is -3.77. The Morgan fingerprint density at radius 2 is 1.88 bits per heavy atom. The van der Waals surface area contributed by atoms with Gasteiger partial charge in [0.15, 0.2) is 0 Å². The Bertz CT molecular complexity index is 1320. The summed E-state index contributed by atoms with van der Waals surface area (Å²) in [5, 5.41) is 3.30. The van der Waals surface area contributed by atoms with E-state index in [-0.39, 0.29) is 5.91 Å². The lowest BCUT2D eigenvalue weighted by Crippen LogP contribution is -2.12. The molecule has 2 aromatic heterocycles. The van der Waals surface area contributed by atoms with Crippen molar-refractivity contribution in [2.45, 2.75) is 33.1 Å². The number of pyridine rings is 1. The average Bonchev–Trinajstić information content (AvgIpc) is 2.86. The van der Waals surface area contributed by atoms with Crippen molar-refractivity contribution < 1.29 is 9.53 Å². The molecule has 0 radical (unpaired) electrons. The Morgan fingerprint density at radius 3 is 2.68 bits per heavy atom. The second-order valence-corrected chi connectivity index (χ2v) is 8.45. The molecule has 2 aromatic carbocycles. The number of hydrogen-bond donors (Lipinski definition) is 1. The minimum absolute atomic E-state index is 0.242. The summed E-state index contributed by atoms with van der Waals surface area (Å²) in [5.74, 6) is 1.70. The number of hydrogen-bond acceptors (Lipinski definition) is 5. The molecule has 7 heteroatoms. The number of aryl methyl sites for hydroxylation is 1. The van der Waals surface area contributed by atoms with Crippen molar-refractivity contribution in [3.63, 3.8) is 0 Å². The van der Waals surface area contributed by atoms with E-state index in [0.717, 1.165) is 29.1 Å². The normalized spacial score (nSPS) is 10.9. The predicted octanol–water partition coefficient (Wildman–Crippen LogP) is 6.92. The van der Waals surface area contributed by atoms with E-state index in [2.05, 4.69) is 34.1 Å². The van der Waals surface area contributed by atoms with Crippen molar-refractivity contribution in [1.82, 2.24) is 15.0 Å². The minimum atomic E-state index is -0.242. The van der Waals surface area contributed by atoms with E-state index in [1.807, 2.05) is 43.3 Å². The van der Waals surface area contributed by atoms with Crippen molar-refractivity contribution in [3.8, 4) is 22.9 Å². The molecule has 0 bridgehead atoms. The molecule has 0 atom stereocenters. The molecule has 0 aliphatic carbocycles. The molecule has 0 aliphatic rings. The first kappa shape index (κ1) is 23.4. The zero-order valence-electron chi connectivity index (χ0n) is 19.2. The average molecular weight is 473 g/mol. The van der Waals surface area contributed by atoms with Crippen LogP contribution in [0.25, 0.3) is 11.3 Å². The van der Waals surface area contributed by atoms with Gasteiger partial charge in [0.05, 0.1) is 22.0 Å². The second kappa shape index (κ2) is 10.4. The van der Waals surface area contributed by atoms with Crippen LogP contribution in [0, 0.1) is 0 Å². The van der Waals surface area contributed by atoms with E-state index in [1.165, 1.54) is 0 Å². The van der Waals surface area contributed by atoms with Crippen LogP contribution in [0.1, 0.15) is 48.4 Å². The van der Waals surface area contributed by atoms with Gasteiger partial charge in [0.25, 0.3) is 5.91 Å². The molecule has 1 amide bonds. The summed E-state index contributed by atoms with van der Waals surface area (Å²) in [5.41, 5.74) is 3.57. The number of nitrogens with one attached hydrogen (secondary N) is 1. The van der Waals surface area contributed by atoms with Crippen LogP contribution < -0.4 is 10.1 Å². The molecule has 2 heterocycles. The van der Waals surface area contributed by atoms with Crippen molar-refractivity contribution in [2.75, 3.05) is 5.32 Å². The molecule has 6 nitrogen and oxygen atoms in total. The molecule has 172 valence electrons. The third-order valence-corrected chi connectivity index (χ3v) is 5.61. The summed E-state index contributed by atoms with van der Waals surface area (Å²) in [4.78, 5) is 26.1. The van der Waals surface area contributed by atoms with Gasteiger partial charge in [0, 0.05) is 30.4 Å². The minimum Gasteiger partial charge on any atom is -0.438 e. The van der Waals surface area contributed by atoms with E-state index < -0.39 is 0 Å². The van der Waals surface area contributed by atoms with E-state index in [1.54, 1.807) is 36.7 Å². The number of rotatable bonds is 7. The van der Waals surface area contributed by atoms with Crippen LogP contribution in [0.15, 0.2) is 73.1 Å². The zero-order valence-corrected chi connectivity index (χ0v) is 20.0. The summed E-state index contributed by atoms with van der Waals surface area (Å²) in [7, 11) is 0. The van der Waals surface area contributed by atoms with Gasteiger partial charge in [-0.15, -0.1) is 0 Å². The maximum Gasteiger partial charge on any atom is 0.255 e. The number of carbonyl (C=O) groups excluding carboxylic acids is 1. The number of benzene rings is 2. The summed E-state index contributed by atoms with van der Waals surface area (Å²) < 4.78 is 6.09. The lowest BCUT2D eigenvalue weighted by Gasteiger charge is -2.13. The quantitative estimate of drug-likeness (QED) is 0.316. The van der Waals surface area contributed by atoms with Gasteiger partial charge in [-0.1, -0.05) is 44.5 Å². The van der Waals surface area contributed by atoms with Crippen molar-refractivity contribution in [1.29, 1.82) is 0 Å². The number of nitrogens with zero attached hydrogens (tertiary/aromatic N) is 3. The number of carbonyl (C=O) groups is 1. The van der Waals surface area contributed by atoms with Gasteiger partial charge in [0.2, 0.25) is 5.88 Å². The van der Waals surface area contributed by atoms with Gasteiger partial charge in [0.1, 0.15) is 11.6 Å². The third kappa shape index (κ3) is 5.41. The Labute approximate surface area is 204 Å². The highest BCUT2D eigenvalue weighted by Crippen LogP contribution is 2.33. The Kier molecular flexibility index (Phi) is 7.18. The molecule has 0 saturated carbocycles. The topological polar surface area (TPSA) is 77.0 Å². The Morgan fingerprint density at radius 1 is 1.03 bits per heavy atom. The van der Waals surface area contributed by atoms with E-state index in [9.17, 15) is 4.79 Å². The zero-order chi connectivity index (χ0) is 24.1. The maximum absolute atomic E-state index is 12.9. The van der Waals surface area contributed by atoms with Crippen LogP contribution in [0.2, 0.25) is 5.02 Å². The van der Waals surface area contributed by atoms with Crippen molar-refractivity contribution in [2.24, 2.45) is 0 Å². The number of amides is 1. The largest absolute Gasteiger partial charge is 0.438 e. The van der Waals surface area contributed by atoms with Crippen LogP contribution in [0.4, 0.5) is 5.69 Å². The molecule has 0 saturated heterocycles. The fraction of sp³-hybridized carbons (Fsp3) is 0.185. The molecule has 0 unspecified atom stereocenters. The molecule has 1 N–H and O–H groups in total. The lowest BCUT2D eigenvalue weighted by molar-refractivity contribution is 0.102. The fourth-order valence-electron chi connectivity index (χ4n) is 3.40. The van der Waals surface area contributed by atoms with Crippen LogP contribution in [0.5, 0.6) is 11.6 Å². The van der Waals surface area contributed by atoms with Gasteiger partial charge in [-0.05, 0) is 53.9 Å². The van der Waals surface area contributed by atoms with Gasteiger partial charge >= 0.3 is 0 Å². The maximum atomic E-state index is 12.9. The molecule has 4 aromatic rings. The van der Waals surface area contributed by atoms with Crippen LogP contribution in [-0.4, -0.2) is 20.9 Å². The first-order valence-electron chi connectivity index (χ1n) is 11.1. The smallest absolute Gasteiger partial charge is 0.255 e. The first-order chi connectivity index (χ1) is 16.4. The number of ether oxygens (including phenoxy) is 1. The number of aromatic nitrogens is 3. The fourth-order valence-corrected chi connectivity index (χ4v) is 3.56. The van der Waals surface area contributed by atoms with Gasteiger partial charge in [-0.25, -0.2) is 15.0 Å². The van der Waals surface area contributed by atoms with Crippen molar-refractivity contribution in [3.05, 3.63) is 95.0 Å². The molecular formula is C27H25ClN4O2. The summed E-state index contributed by atoms with van der Waals surface area (Å²) in [6.45, 7) is 6.18. The molecule has 4 rings (SSSR count). The predicted molar refractivity (Wildman–Crippen MR) is 135 cm³/mol. The summed E-state index contributed by atoms with van der Waals surface area (Å²) >= 11 is 6.37. The third-order valence-electron chi connectivity index (χ3n) is 5.28. The Balaban J connectivity index is 1.59. The number of anilines is 1. The molecule has 34 heavy (non-hydrogen) atoms. The van der Waals surface area contributed by atoms with Gasteiger partial charge in [-0.2, -0.15) is 0 Å². The van der Waals surface area contributed by atoms with Gasteiger partial charge < -0.3 is 10.1 Å². The molecule has 0 fully saturated rings. The highest BCUT2D eigenvalue weighted by Gasteiger charge is 2.14. The summed E-state index contributed by atoms with van der Waals surface area (Å²) in [6, 6.07) is 18.2.